The van der Waals surface area contributed by atoms with E-state index >= 15 is 0 Å². The van der Waals surface area contributed by atoms with E-state index in [2.05, 4.69) is 10.2 Å². The average Bonchev–Trinajstić information content (AvgIpc) is 3.34. The van der Waals surface area contributed by atoms with E-state index < -0.39 is 0 Å². The molecule has 118 valence electrons. The van der Waals surface area contributed by atoms with Crippen LogP contribution in [0.2, 0.25) is 0 Å². The van der Waals surface area contributed by atoms with Gasteiger partial charge in [0.05, 0.1) is 16.7 Å². The number of benzene rings is 1. The summed E-state index contributed by atoms with van der Waals surface area (Å²) in [6, 6.07) is 7.86. The van der Waals surface area contributed by atoms with Crippen molar-refractivity contribution in [3.05, 3.63) is 46.3 Å². The van der Waals surface area contributed by atoms with Crippen molar-refractivity contribution < 1.29 is 0 Å². The van der Waals surface area contributed by atoms with E-state index in [9.17, 15) is 4.79 Å². The van der Waals surface area contributed by atoms with E-state index in [4.69, 9.17) is 4.98 Å². The maximum Gasteiger partial charge on any atom is 0.261 e. The zero-order chi connectivity index (χ0) is 16.0. The number of fused-ring (bicyclic) bond motifs is 1. The minimum absolute atomic E-state index is 0.0721. The van der Waals surface area contributed by atoms with Gasteiger partial charge in [-0.25, -0.2) is 4.98 Å². The van der Waals surface area contributed by atoms with Gasteiger partial charge in [-0.05, 0) is 31.9 Å². The lowest BCUT2D eigenvalue weighted by atomic mass is 10.2. The molecule has 3 aromatic rings. The summed E-state index contributed by atoms with van der Waals surface area (Å²) in [4.78, 5) is 17.5. The summed E-state index contributed by atoms with van der Waals surface area (Å²) >= 11 is 1.56. The molecule has 1 fully saturated rings. The van der Waals surface area contributed by atoms with Gasteiger partial charge in [-0.3, -0.25) is 9.36 Å². The van der Waals surface area contributed by atoms with E-state index in [-0.39, 0.29) is 5.56 Å². The molecule has 0 N–H and O–H groups in total. The molecule has 7 heteroatoms. The molecule has 0 atom stereocenters. The maximum absolute atomic E-state index is 12.8. The van der Waals surface area contributed by atoms with Crippen LogP contribution in [0.1, 0.15) is 30.5 Å². The summed E-state index contributed by atoms with van der Waals surface area (Å²) in [7, 11) is 1.94. The summed E-state index contributed by atoms with van der Waals surface area (Å²) in [5, 5.41) is 9.77. The predicted octanol–water partition coefficient (Wildman–Crippen LogP) is 2.46. The molecule has 1 aromatic carbocycles. The summed E-state index contributed by atoms with van der Waals surface area (Å²) in [6.45, 7) is 1.92. The lowest BCUT2D eigenvalue weighted by molar-refractivity contribution is 0.662. The van der Waals surface area contributed by atoms with E-state index in [0.29, 0.717) is 17.2 Å². The number of thioether (sulfide) groups is 1. The Balaban J connectivity index is 1.75. The van der Waals surface area contributed by atoms with Gasteiger partial charge in [0.2, 0.25) is 0 Å². The number of aryl methyl sites for hydroxylation is 1. The van der Waals surface area contributed by atoms with Gasteiger partial charge in [-0.1, -0.05) is 23.9 Å². The van der Waals surface area contributed by atoms with Crippen LogP contribution in [0.25, 0.3) is 10.9 Å². The summed E-state index contributed by atoms with van der Waals surface area (Å²) < 4.78 is 3.82. The lowest BCUT2D eigenvalue weighted by Crippen LogP contribution is -2.24. The van der Waals surface area contributed by atoms with Gasteiger partial charge in [0.25, 0.3) is 5.56 Å². The Kier molecular flexibility index (Phi) is 3.45. The summed E-state index contributed by atoms with van der Waals surface area (Å²) in [6.07, 6.45) is 2.11. The molecular formula is C16H17N5OS. The Labute approximate surface area is 137 Å². The van der Waals surface area contributed by atoms with Crippen molar-refractivity contribution in [3.8, 4) is 0 Å². The van der Waals surface area contributed by atoms with Gasteiger partial charge in [-0.15, -0.1) is 10.2 Å². The average molecular weight is 327 g/mol. The third kappa shape index (κ3) is 2.55. The predicted molar refractivity (Wildman–Crippen MR) is 89.6 cm³/mol. The van der Waals surface area contributed by atoms with Gasteiger partial charge in [-0.2, -0.15) is 0 Å². The second-order valence-corrected chi connectivity index (χ2v) is 6.77. The minimum atomic E-state index is 0.0721. The highest BCUT2D eigenvalue weighted by atomic mass is 32.2. The fourth-order valence-corrected chi connectivity index (χ4v) is 3.53. The van der Waals surface area contributed by atoms with Crippen molar-refractivity contribution in [3.63, 3.8) is 0 Å². The molecule has 0 saturated heterocycles. The van der Waals surface area contributed by atoms with Gasteiger partial charge in [0, 0.05) is 13.1 Å². The van der Waals surface area contributed by atoms with E-state index in [1.807, 2.05) is 47.4 Å². The third-order valence-electron chi connectivity index (χ3n) is 4.18. The summed E-state index contributed by atoms with van der Waals surface area (Å²) in [5.74, 6) is 2.31. The first-order chi connectivity index (χ1) is 11.1. The van der Waals surface area contributed by atoms with Crippen LogP contribution >= 0.6 is 11.8 Å². The molecule has 0 unspecified atom stereocenters. The van der Waals surface area contributed by atoms with Crippen molar-refractivity contribution in [2.45, 2.75) is 36.7 Å². The molecule has 0 amide bonds. The van der Waals surface area contributed by atoms with Crippen LogP contribution in [0.15, 0.2) is 34.2 Å². The Morgan fingerprint density at radius 1 is 1.26 bits per heavy atom. The molecule has 1 aliphatic carbocycles. The zero-order valence-corrected chi connectivity index (χ0v) is 13.9. The molecular weight excluding hydrogens is 310 g/mol. The Morgan fingerprint density at radius 3 is 2.74 bits per heavy atom. The molecule has 2 heterocycles. The maximum atomic E-state index is 12.8. The fraction of sp³-hybridized carbons (Fsp3) is 0.375. The highest BCUT2D eigenvalue weighted by Crippen LogP contribution is 2.35. The van der Waals surface area contributed by atoms with Crippen LogP contribution in [-0.4, -0.2) is 24.3 Å². The largest absolute Gasteiger partial charge is 0.309 e. The molecule has 1 saturated carbocycles. The van der Waals surface area contributed by atoms with E-state index in [1.165, 1.54) is 0 Å². The van der Waals surface area contributed by atoms with E-state index in [0.717, 1.165) is 35.2 Å². The molecule has 0 aliphatic heterocycles. The number of hydrogen-bond acceptors (Lipinski definition) is 5. The highest BCUT2D eigenvalue weighted by molar-refractivity contribution is 7.98. The second kappa shape index (κ2) is 5.49. The first kappa shape index (κ1) is 14.4. The Morgan fingerprint density at radius 2 is 2.04 bits per heavy atom. The zero-order valence-electron chi connectivity index (χ0n) is 13.1. The number of nitrogens with zero attached hydrogens (tertiary/aromatic N) is 5. The van der Waals surface area contributed by atoms with Crippen molar-refractivity contribution in [2.24, 2.45) is 7.05 Å². The van der Waals surface area contributed by atoms with Gasteiger partial charge in [0.15, 0.2) is 5.16 Å². The van der Waals surface area contributed by atoms with Crippen molar-refractivity contribution in [1.82, 2.24) is 24.3 Å². The first-order valence-electron chi connectivity index (χ1n) is 7.64. The fourth-order valence-electron chi connectivity index (χ4n) is 2.65. The van der Waals surface area contributed by atoms with Crippen LogP contribution in [0.4, 0.5) is 0 Å². The van der Waals surface area contributed by atoms with Crippen LogP contribution in [0.5, 0.6) is 0 Å². The molecule has 4 rings (SSSR count). The third-order valence-corrected chi connectivity index (χ3v) is 5.19. The van der Waals surface area contributed by atoms with Crippen molar-refractivity contribution in [2.75, 3.05) is 0 Å². The number of rotatable bonds is 4. The molecule has 0 spiro atoms. The van der Waals surface area contributed by atoms with Crippen LogP contribution in [0, 0.1) is 6.92 Å². The molecule has 6 nitrogen and oxygen atoms in total. The normalized spacial score (nSPS) is 14.5. The van der Waals surface area contributed by atoms with Crippen LogP contribution < -0.4 is 5.56 Å². The summed E-state index contributed by atoms with van der Waals surface area (Å²) in [5.41, 5.74) is 0.835. The van der Waals surface area contributed by atoms with Crippen molar-refractivity contribution in [1.29, 1.82) is 0 Å². The molecule has 1 aliphatic rings. The number of hydrogen-bond donors (Lipinski definition) is 0. The quantitative estimate of drug-likeness (QED) is 0.689. The molecule has 2 aromatic heterocycles. The topological polar surface area (TPSA) is 65.6 Å². The number of aromatic nitrogens is 5. The van der Waals surface area contributed by atoms with Gasteiger partial charge >= 0.3 is 0 Å². The van der Waals surface area contributed by atoms with E-state index in [1.54, 1.807) is 11.8 Å². The minimum Gasteiger partial charge on any atom is -0.309 e. The highest BCUT2D eigenvalue weighted by Gasteiger charge is 2.28. The smallest absolute Gasteiger partial charge is 0.261 e. The van der Waals surface area contributed by atoms with Crippen molar-refractivity contribution >= 4 is 22.7 Å². The number of para-hydroxylation sites is 1. The molecule has 0 radical (unpaired) electrons. The SMILES string of the molecule is Cc1nnc(SCc2nc3ccccc3c(=O)n2C2CC2)n1C. The van der Waals surface area contributed by atoms with Gasteiger partial charge in [0.1, 0.15) is 11.6 Å². The molecule has 0 bridgehead atoms. The first-order valence-corrected chi connectivity index (χ1v) is 8.62. The monoisotopic (exact) mass is 327 g/mol. The van der Waals surface area contributed by atoms with Crippen LogP contribution in [0.3, 0.4) is 0 Å². The lowest BCUT2D eigenvalue weighted by Gasteiger charge is -2.12. The molecule has 23 heavy (non-hydrogen) atoms. The van der Waals surface area contributed by atoms with Crippen LogP contribution in [-0.2, 0) is 12.8 Å². The standard InChI is InChI=1S/C16H17N5OS/c1-10-18-19-16(20(10)2)23-9-14-17-13-6-4-3-5-12(13)15(22)21(14)11-7-8-11/h3-6,11H,7-9H2,1-2H3. The Bertz CT molecular complexity index is 941. The second-order valence-electron chi connectivity index (χ2n) is 5.83. The van der Waals surface area contributed by atoms with Gasteiger partial charge < -0.3 is 4.57 Å². The Hall–Kier alpha value is -2.15.